The Labute approximate surface area is 132 Å². The first kappa shape index (κ1) is 14.1. The monoisotopic (exact) mass is 341 g/mol. The number of fused-ring (bicyclic) bond motifs is 1. The van der Waals surface area contributed by atoms with Crippen molar-refractivity contribution in [2.75, 3.05) is 0 Å². The van der Waals surface area contributed by atoms with Gasteiger partial charge in [-0.3, -0.25) is 4.79 Å². The summed E-state index contributed by atoms with van der Waals surface area (Å²) < 4.78 is 2.81. The van der Waals surface area contributed by atoms with Crippen molar-refractivity contribution in [3.63, 3.8) is 0 Å². The first-order chi connectivity index (χ1) is 10.1. The number of benzene rings is 2. The predicted molar refractivity (Wildman–Crippen MR) is 90.8 cm³/mol. The summed E-state index contributed by atoms with van der Waals surface area (Å²) in [7, 11) is 0. The Balaban J connectivity index is 1.99. The molecule has 21 heavy (non-hydrogen) atoms. The van der Waals surface area contributed by atoms with E-state index in [0.717, 1.165) is 21.7 Å². The van der Waals surface area contributed by atoms with E-state index in [0.29, 0.717) is 0 Å². The molecule has 1 aromatic heterocycles. The second kappa shape index (κ2) is 5.86. The lowest BCUT2D eigenvalue weighted by Crippen LogP contribution is -2.24. The van der Waals surface area contributed by atoms with Gasteiger partial charge in [0.05, 0.1) is 0 Å². The smallest absolute Gasteiger partial charge is 0.258 e. The molecule has 2 aromatic carbocycles. The van der Waals surface area contributed by atoms with Gasteiger partial charge in [0.25, 0.3) is 5.56 Å². The lowest BCUT2D eigenvalue weighted by atomic mass is 10.1. The quantitative estimate of drug-likeness (QED) is 0.684. The van der Waals surface area contributed by atoms with Crippen LogP contribution in [-0.4, -0.2) is 4.57 Å². The maximum Gasteiger partial charge on any atom is 0.258 e. The predicted octanol–water partition coefficient (Wildman–Crippen LogP) is 4.57. The molecule has 0 bridgehead atoms. The Hall–Kier alpha value is -1.87. The maximum absolute atomic E-state index is 12.6. The van der Waals surface area contributed by atoms with Gasteiger partial charge in [-0.1, -0.05) is 46.3 Å². The van der Waals surface area contributed by atoms with Crippen molar-refractivity contribution in [1.82, 2.24) is 4.57 Å². The molecule has 0 saturated carbocycles. The first-order valence-corrected chi connectivity index (χ1v) is 7.79. The Bertz CT molecular complexity index is 823. The summed E-state index contributed by atoms with van der Waals surface area (Å²) >= 11 is 3.44. The van der Waals surface area contributed by atoms with E-state index in [-0.39, 0.29) is 11.6 Å². The van der Waals surface area contributed by atoms with Gasteiger partial charge in [0, 0.05) is 22.1 Å². The second-order valence-electron chi connectivity index (χ2n) is 5.30. The zero-order valence-corrected chi connectivity index (χ0v) is 13.4. The molecular formula is C18H16BrNO. The van der Waals surface area contributed by atoms with Crippen LogP contribution >= 0.6 is 15.9 Å². The van der Waals surface area contributed by atoms with Crippen LogP contribution in [-0.2, 0) is 6.42 Å². The average Bonchev–Trinajstić information content (AvgIpc) is 2.48. The van der Waals surface area contributed by atoms with Crippen molar-refractivity contribution >= 4 is 26.7 Å². The fourth-order valence-electron chi connectivity index (χ4n) is 2.63. The number of pyridine rings is 1. The molecule has 3 rings (SSSR count). The van der Waals surface area contributed by atoms with Crippen LogP contribution in [0, 0.1) is 0 Å². The topological polar surface area (TPSA) is 22.0 Å². The molecule has 3 aromatic rings. The van der Waals surface area contributed by atoms with E-state index in [9.17, 15) is 4.79 Å². The van der Waals surface area contributed by atoms with E-state index in [1.54, 1.807) is 0 Å². The summed E-state index contributed by atoms with van der Waals surface area (Å²) in [6.07, 6.45) is 2.74. The lowest BCUT2D eigenvalue weighted by Gasteiger charge is -2.16. The van der Waals surface area contributed by atoms with Crippen LogP contribution in [0.3, 0.4) is 0 Å². The van der Waals surface area contributed by atoms with E-state index in [4.69, 9.17) is 0 Å². The van der Waals surface area contributed by atoms with Crippen molar-refractivity contribution in [2.24, 2.45) is 0 Å². The van der Waals surface area contributed by atoms with Crippen molar-refractivity contribution in [2.45, 2.75) is 19.4 Å². The van der Waals surface area contributed by atoms with Gasteiger partial charge in [0.1, 0.15) is 0 Å². The molecule has 0 radical (unpaired) electrons. The highest BCUT2D eigenvalue weighted by Crippen LogP contribution is 2.19. The third kappa shape index (κ3) is 2.93. The Morgan fingerprint density at radius 3 is 2.62 bits per heavy atom. The highest BCUT2D eigenvalue weighted by Gasteiger charge is 2.10. The van der Waals surface area contributed by atoms with Gasteiger partial charge < -0.3 is 4.57 Å². The molecular weight excluding hydrogens is 326 g/mol. The molecule has 0 fully saturated rings. The van der Waals surface area contributed by atoms with Gasteiger partial charge >= 0.3 is 0 Å². The van der Waals surface area contributed by atoms with Crippen LogP contribution in [0.5, 0.6) is 0 Å². The molecule has 0 N–H and O–H groups in total. The standard InChI is InChI=1S/C18H16BrNO/c1-13(11-14-5-3-2-4-6-14)20-10-9-15-12-16(19)7-8-17(15)18(20)21/h2-10,12-13H,11H2,1H3. The van der Waals surface area contributed by atoms with Gasteiger partial charge in [-0.05, 0) is 48.6 Å². The van der Waals surface area contributed by atoms with Crippen molar-refractivity contribution in [3.05, 3.63) is 81.2 Å². The maximum atomic E-state index is 12.6. The molecule has 1 atom stereocenters. The summed E-state index contributed by atoms with van der Waals surface area (Å²) in [6, 6.07) is 18.2. The van der Waals surface area contributed by atoms with E-state index in [1.807, 2.05) is 53.2 Å². The third-order valence-corrected chi connectivity index (χ3v) is 4.24. The molecule has 0 aliphatic heterocycles. The van der Waals surface area contributed by atoms with Crippen molar-refractivity contribution in [1.29, 1.82) is 0 Å². The molecule has 0 aliphatic rings. The molecule has 1 unspecified atom stereocenters. The molecule has 2 nitrogen and oxygen atoms in total. The SMILES string of the molecule is CC(Cc1ccccc1)n1ccc2cc(Br)ccc2c1=O. The fourth-order valence-corrected chi connectivity index (χ4v) is 3.01. The van der Waals surface area contributed by atoms with Crippen LogP contribution in [0.25, 0.3) is 10.8 Å². The zero-order chi connectivity index (χ0) is 14.8. The minimum Gasteiger partial charge on any atom is -0.312 e. The van der Waals surface area contributed by atoms with Crippen molar-refractivity contribution < 1.29 is 0 Å². The largest absolute Gasteiger partial charge is 0.312 e. The Morgan fingerprint density at radius 2 is 1.86 bits per heavy atom. The Kier molecular flexibility index (Phi) is 3.93. The summed E-state index contributed by atoms with van der Waals surface area (Å²) in [5, 5.41) is 1.73. The molecule has 0 spiro atoms. The number of rotatable bonds is 3. The van der Waals surface area contributed by atoms with E-state index in [2.05, 4.69) is 35.0 Å². The summed E-state index contributed by atoms with van der Waals surface area (Å²) in [6.45, 7) is 2.08. The minimum atomic E-state index is 0.0726. The lowest BCUT2D eigenvalue weighted by molar-refractivity contribution is 0.530. The highest BCUT2D eigenvalue weighted by atomic mass is 79.9. The highest BCUT2D eigenvalue weighted by molar-refractivity contribution is 9.10. The number of aromatic nitrogens is 1. The van der Waals surface area contributed by atoms with Crippen molar-refractivity contribution in [3.8, 4) is 0 Å². The normalized spacial score (nSPS) is 12.5. The van der Waals surface area contributed by atoms with Crippen LogP contribution in [0.4, 0.5) is 0 Å². The second-order valence-corrected chi connectivity index (χ2v) is 6.21. The molecule has 0 aliphatic carbocycles. The van der Waals surface area contributed by atoms with Gasteiger partial charge in [0.15, 0.2) is 0 Å². The van der Waals surface area contributed by atoms with Gasteiger partial charge in [-0.2, -0.15) is 0 Å². The van der Waals surface area contributed by atoms with Gasteiger partial charge in [0.2, 0.25) is 0 Å². The molecule has 1 heterocycles. The first-order valence-electron chi connectivity index (χ1n) is 6.99. The number of hydrogen-bond acceptors (Lipinski definition) is 1. The molecule has 106 valence electrons. The summed E-state index contributed by atoms with van der Waals surface area (Å²) in [5.41, 5.74) is 1.32. The van der Waals surface area contributed by atoms with Crippen LogP contribution in [0.1, 0.15) is 18.5 Å². The Morgan fingerprint density at radius 1 is 1.10 bits per heavy atom. The average molecular weight is 342 g/mol. The molecule has 0 amide bonds. The van der Waals surface area contributed by atoms with E-state index < -0.39 is 0 Å². The molecule has 3 heteroatoms. The zero-order valence-electron chi connectivity index (χ0n) is 11.8. The fraction of sp³-hybridized carbons (Fsp3) is 0.167. The number of nitrogens with zero attached hydrogens (tertiary/aromatic N) is 1. The van der Waals surface area contributed by atoms with E-state index >= 15 is 0 Å². The van der Waals surface area contributed by atoms with Gasteiger partial charge in [-0.15, -0.1) is 0 Å². The minimum absolute atomic E-state index is 0.0726. The van der Waals surface area contributed by atoms with Crippen LogP contribution in [0.2, 0.25) is 0 Å². The summed E-state index contributed by atoms with van der Waals surface area (Å²) in [4.78, 5) is 12.6. The number of hydrogen-bond donors (Lipinski definition) is 0. The number of halogens is 1. The van der Waals surface area contributed by atoms with Crippen LogP contribution in [0.15, 0.2) is 70.1 Å². The molecule has 0 saturated heterocycles. The van der Waals surface area contributed by atoms with Gasteiger partial charge in [-0.25, -0.2) is 0 Å². The third-order valence-electron chi connectivity index (χ3n) is 3.74. The summed E-state index contributed by atoms with van der Waals surface area (Å²) in [5.74, 6) is 0. The van der Waals surface area contributed by atoms with Crippen LogP contribution < -0.4 is 5.56 Å². The van der Waals surface area contributed by atoms with E-state index in [1.165, 1.54) is 5.56 Å².